The standard InChI is InChI=1S/C16H13F6OP.C12H5F5N.C5H5F6O.Ir.H/c17-15(18,19)14(23,16(20,21)22)11-24(12-7-3-1-4-8-12)13-9-5-2-6-10-13;13-8-5-4-7(9-3-1-2-6-18-9)11(14)10(8)12(15,16)17;1-2-3(12,4(6,7)8)5(9,10)11;;/h1-10,23H,11H2;1-3,5-6H;12H,1-2H2;;/q;2*-1;+2;/p+1. The molecule has 0 atom stereocenters. The Morgan fingerprint density at radius 1 is 0.600 bits per heavy atom. The summed E-state index contributed by atoms with van der Waals surface area (Å²) in [7, 11) is -2.51. The molecule has 0 amide bonds. The molecule has 55 heavy (non-hydrogen) atoms. The van der Waals surface area contributed by atoms with E-state index < -0.39 is 85.3 Å². The van der Waals surface area contributed by atoms with E-state index in [1.54, 1.807) is 36.4 Å². The molecule has 1 heterocycles. The van der Waals surface area contributed by atoms with Gasteiger partial charge < -0.3 is 22.1 Å². The molecule has 3 aromatic carbocycles. The normalized spacial score (nSPS) is 12.9. The molecule has 0 aliphatic rings. The average molecular weight is 1010 g/mol. The Kier molecular flexibility index (Phi) is 16.9. The summed E-state index contributed by atoms with van der Waals surface area (Å²) >= 11 is 0. The van der Waals surface area contributed by atoms with Crippen LogP contribution in [-0.4, -0.2) is 57.3 Å². The number of halogens is 17. The molecule has 0 aliphatic carbocycles. The van der Waals surface area contributed by atoms with Crippen LogP contribution in [0.4, 0.5) is 74.6 Å². The number of aromatic nitrogens is 1. The van der Waals surface area contributed by atoms with Crippen molar-refractivity contribution in [2.75, 3.05) is 6.16 Å². The Bertz CT molecular complexity index is 1700. The van der Waals surface area contributed by atoms with Crippen LogP contribution in [-0.2, 0) is 26.3 Å². The number of aliphatic hydroxyl groups is 2. The zero-order chi connectivity index (χ0) is 41.6. The van der Waals surface area contributed by atoms with Crippen LogP contribution in [0.1, 0.15) is 12.0 Å². The molecule has 1 radical (unpaired) electrons. The molecular formula is C33H25F17IrNO2P+. The molecule has 0 bridgehead atoms. The fourth-order valence-electron chi connectivity index (χ4n) is 4.17. The predicted octanol–water partition coefficient (Wildman–Crippen LogP) is 9.35. The summed E-state index contributed by atoms with van der Waals surface area (Å²) < 4.78 is 212. The summed E-state index contributed by atoms with van der Waals surface area (Å²) in [6.07, 6.45) is -30.1. The first-order chi connectivity index (χ1) is 24.5. The Morgan fingerprint density at radius 3 is 1.31 bits per heavy atom. The number of hydrogen-bond donors (Lipinski definition) is 2. The van der Waals surface area contributed by atoms with Crippen molar-refractivity contribution in [3.63, 3.8) is 0 Å². The molecule has 0 saturated carbocycles. The van der Waals surface area contributed by atoms with Crippen LogP contribution in [0.3, 0.4) is 0 Å². The van der Waals surface area contributed by atoms with E-state index >= 15 is 0 Å². The van der Waals surface area contributed by atoms with Crippen molar-refractivity contribution in [3.05, 3.63) is 121 Å². The van der Waals surface area contributed by atoms with Gasteiger partial charge in [0.25, 0.3) is 5.60 Å². The van der Waals surface area contributed by atoms with Crippen molar-refractivity contribution in [1.29, 1.82) is 0 Å². The predicted molar refractivity (Wildman–Crippen MR) is 164 cm³/mol. The number of pyridine rings is 1. The van der Waals surface area contributed by atoms with Crippen molar-refractivity contribution in [1.82, 2.24) is 4.98 Å². The SMILES string of the molecule is Fc1c[c-]c(-c2ccccn2)c(F)c1C(F)(F)F.OC(C[PH+](c1ccccc1)c1ccccc1)(C(F)(F)F)C(F)(F)F.[CH2-]CC(O)(C(F)(F)F)C(F)(F)F.[IrH+2]. The third-order valence-electron chi connectivity index (χ3n) is 7.14. The monoisotopic (exact) mass is 1010 g/mol. The maximum atomic E-state index is 13.7. The van der Waals surface area contributed by atoms with Crippen LogP contribution in [0, 0.1) is 24.6 Å². The molecule has 4 rings (SSSR count). The first-order valence-corrected chi connectivity index (χ1v) is 16.1. The van der Waals surface area contributed by atoms with Gasteiger partial charge in [-0.1, -0.05) is 54.1 Å². The zero-order valence-corrected chi connectivity index (χ0v) is 30.4. The summed E-state index contributed by atoms with van der Waals surface area (Å²) in [6.45, 7) is 2.40. The van der Waals surface area contributed by atoms with Crippen molar-refractivity contribution in [2.45, 2.75) is 48.5 Å². The van der Waals surface area contributed by atoms with Crippen LogP contribution >= 0.6 is 7.92 Å². The summed E-state index contributed by atoms with van der Waals surface area (Å²) in [5, 5.41) is 18.5. The minimum atomic E-state index is -5.81. The molecule has 0 fully saturated rings. The van der Waals surface area contributed by atoms with Gasteiger partial charge in [-0.05, 0) is 36.0 Å². The first-order valence-electron chi connectivity index (χ1n) is 14.4. The summed E-state index contributed by atoms with van der Waals surface area (Å²) in [6, 6.07) is 22.2. The van der Waals surface area contributed by atoms with E-state index in [-0.39, 0.29) is 25.8 Å². The molecule has 0 saturated heterocycles. The van der Waals surface area contributed by atoms with Crippen LogP contribution in [0.5, 0.6) is 0 Å². The third-order valence-corrected chi connectivity index (χ3v) is 10.1. The van der Waals surface area contributed by atoms with E-state index in [1.807, 2.05) is 0 Å². The molecule has 1 aromatic heterocycles. The van der Waals surface area contributed by atoms with Crippen molar-refractivity contribution >= 4 is 18.5 Å². The Balaban J connectivity index is 0.000000433. The van der Waals surface area contributed by atoms with Crippen LogP contribution in [0.15, 0.2) is 91.1 Å². The fraction of sp³-hybridized carbons (Fsp3) is 0.273. The van der Waals surface area contributed by atoms with Gasteiger partial charge in [-0.2, -0.15) is 65.9 Å². The Morgan fingerprint density at radius 2 is 1.00 bits per heavy atom. The number of hydrogen-bond acceptors (Lipinski definition) is 3. The first kappa shape index (κ1) is 49.6. The second-order valence-corrected chi connectivity index (χ2v) is 13.2. The second-order valence-electron chi connectivity index (χ2n) is 10.8. The van der Waals surface area contributed by atoms with Gasteiger partial charge in [0.1, 0.15) is 6.16 Å². The molecule has 22 heteroatoms. The third kappa shape index (κ3) is 12.1. The number of rotatable bonds is 6. The number of benzene rings is 3. The van der Waals surface area contributed by atoms with E-state index in [1.165, 1.54) is 48.7 Å². The molecule has 3 nitrogen and oxygen atoms in total. The van der Waals surface area contributed by atoms with Gasteiger partial charge in [0, 0.05) is 11.8 Å². The van der Waals surface area contributed by atoms with Gasteiger partial charge in [-0.25, -0.2) is 0 Å². The van der Waals surface area contributed by atoms with E-state index in [0.29, 0.717) is 16.7 Å². The second kappa shape index (κ2) is 18.7. The van der Waals surface area contributed by atoms with E-state index in [4.69, 9.17) is 5.11 Å². The molecule has 2 N–H and O–H groups in total. The van der Waals surface area contributed by atoms with Gasteiger partial charge in [-0.3, -0.25) is 8.78 Å². The van der Waals surface area contributed by atoms with Gasteiger partial charge in [0.05, 0.1) is 30.2 Å². The maximum absolute atomic E-state index is 13.7. The number of alkyl halides is 15. The molecular weight excluding hydrogens is 989 g/mol. The van der Waals surface area contributed by atoms with Crippen LogP contribution in [0.25, 0.3) is 11.3 Å². The van der Waals surface area contributed by atoms with E-state index in [2.05, 4.69) is 18.0 Å². The van der Waals surface area contributed by atoms with Gasteiger partial charge in [0.2, 0.25) is 5.60 Å². The van der Waals surface area contributed by atoms with E-state index in [9.17, 15) is 79.7 Å². The number of nitrogens with zero attached hydrogens (tertiary/aromatic N) is 1. The Hall–Kier alpha value is -3.38. The topological polar surface area (TPSA) is 53.4 Å². The van der Waals surface area contributed by atoms with Crippen molar-refractivity contribution in [2.24, 2.45) is 0 Å². The fourth-order valence-corrected chi connectivity index (χ4v) is 7.01. The summed E-state index contributed by atoms with van der Waals surface area (Å²) in [5.74, 6) is -3.40. The quantitative estimate of drug-likeness (QED) is 0.115. The van der Waals surface area contributed by atoms with Gasteiger partial charge in [-0.15, -0.1) is 18.6 Å². The van der Waals surface area contributed by atoms with Gasteiger partial charge >= 0.3 is 51.0 Å². The van der Waals surface area contributed by atoms with Crippen molar-refractivity contribution in [3.8, 4) is 11.3 Å². The minimum absolute atomic E-state index is 0. The zero-order valence-electron chi connectivity index (χ0n) is 26.9. The average Bonchev–Trinajstić information content (AvgIpc) is 3.06. The molecule has 0 spiro atoms. The molecule has 0 aliphatic heterocycles. The van der Waals surface area contributed by atoms with Crippen molar-refractivity contribution < 1.29 is 105 Å². The van der Waals surface area contributed by atoms with E-state index in [0.717, 1.165) is 0 Å². The summed E-state index contributed by atoms with van der Waals surface area (Å²) in [4.78, 5) is 3.70. The van der Waals surface area contributed by atoms with Gasteiger partial charge in [0.15, 0.2) is 0 Å². The molecule has 4 aromatic rings. The van der Waals surface area contributed by atoms with Crippen LogP contribution < -0.4 is 10.6 Å². The van der Waals surface area contributed by atoms with Crippen LogP contribution in [0.2, 0.25) is 0 Å². The molecule has 0 unspecified atom stereocenters. The molecule has 306 valence electrons. The summed E-state index contributed by atoms with van der Waals surface area (Å²) in [5.41, 5.74) is -11.9. The Labute approximate surface area is 315 Å².